The fourth-order valence-electron chi connectivity index (χ4n) is 1.07. The van der Waals surface area contributed by atoms with Gasteiger partial charge >= 0.3 is 5.97 Å². The van der Waals surface area contributed by atoms with Crippen molar-refractivity contribution in [3.05, 3.63) is 10.8 Å². The zero-order chi connectivity index (χ0) is 8.77. The fourth-order valence-corrected chi connectivity index (χ4v) is 1.31. The van der Waals surface area contributed by atoms with Crippen LogP contribution in [0, 0.1) is 0 Å². The minimum Gasteiger partial charge on any atom is -0.479 e. The summed E-state index contributed by atoms with van der Waals surface area (Å²) in [7, 11) is 0. The first-order chi connectivity index (χ1) is 5.65. The molecule has 1 fully saturated rings. The molecule has 2 rings (SSSR count). The molecular weight excluding hydrogens is 226 g/mol. The Bertz CT molecular complexity index is 331. The second-order valence-electron chi connectivity index (χ2n) is 2.79. The summed E-state index contributed by atoms with van der Waals surface area (Å²) >= 11 is 3.11. The predicted molar refractivity (Wildman–Crippen MR) is 42.6 cm³/mol. The number of halogens is 1. The maximum atomic E-state index is 10.8. The van der Waals surface area contributed by atoms with E-state index < -0.39 is 11.5 Å². The van der Waals surface area contributed by atoms with Crippen LogP contribution in [0.3, 0.4) is 0 Å². The first kappa shape index (κ1) is 7.72. The highest BCUT2D eigenvalue weighted by Crippen LogP contribution is 2.42. The molecule has 0 spiro atoms. The average Bonchev–Trinajstić information content (AvgIpc) is 2.71. The van der Waals surface area contributed by atoms with Crippen LogP contribution in [0.2, 0.25) is 0 Å². The topological polar surface area (TPSA) is 68.0 Å². The Kier molecular flexibility index (Phi) is 1.47. The molecule has 5 nitrogen and oxygen atoms in total. The first-order valence-electron chi connectivity index (χ1n) is 3.47. The lowest BCUT2D eigenvalue weighted by molar-refractivity contribution is -0.143. The number of nitrogens with zero attached hydrogens (tertiary/aromatic N) is 3. The lowest BCUT2D eigenvalue weighted by atomic mass is 10.3. The van der Waals surface area contributed by atoms with Crippen molar-refractivity contribution in [3.8, 4) is 0 Å². The van der Waals surface area contributed by atoms with Gasteiger partial charge in [-0.25, -0.2) is 4.79 Å². The molecule has 1 aliphatic rings. The van der Waals surface area contributed by atoms with Crippen molar-refractivity contribution in [2.45, 2.75) is 18.4 Å². The van der Waals surface area contributed by atoms with Crippen LogP contribution >= 0.6 is 15.9 Å². The highest BCUT2D eigenvalue weighted by molar-refractivity contribution is 9.10. The van der Waals surface area contributed by atoms with E-state index >= 15 is 0 Å². The van der Waals surface area contributed by atoms with Crippen LogP contribution in [-0.4, -0.2) is 26.1 Å². The quantitative estimate of drug-likeness (QED) is 0.811. The van der Waals surface area contributed by atoms with Crippen molar-refractivity contribution in [2.24, 2.45) is 0 Å². The van der Waals surface area contributed by atoms with Gasteiger partial charge in [0.1, 0.15) is 4.60 Å². The van der Waals surface area contributed by atoms with Gasteiger partial charge in [0.2, 0.25) is 0 Å². The van der Waals surface area contributed by atoms with Gasteiger partial charge in [0.25, 0.3) is 0 Å². The molecule has 6 heteroatoms. The summed E-state index contributed by atoms with van der Waals surface area (Å²) in [6.45, 7) is 0. The summed E-state index contributed by atoms with van der Waals surface area (Å²) in [5, 5.41) is 16.6. The molecule has 0 atom stereocenters. The van der Waals surface area contributed by atoms with Crippen LogP contribution in [0.4, 0.5) is 0 Å². The number of rotatable bonds is 2. The molecule has 12 heavy (non-hydrogen) atoms. The maximum absolute atomic E-state index is 10.8. The van der Waals surface area contributed by atoms with E-state index in [0.717, 1.165) is 0 Å². The standard InChI is InChI=1S/C6H6BrN3O2/c7-4-3-8-10(9-4)6(1-2-6)5(11)12/h3H,1-2H2,(H,11,12). The van der Waals surface area contributed by atoms with E-state index in [4.69, 9.17) is 5.11 Å². The molecule has 64 valence electrons. The van der Waals surface area contributed by atoms with Gasteiger partial charge in [0.15, 0.2) is 5.54 Å². The number of carboxylic acids is 1. The monoisotopic (exact) mass is 231 g/mol. The molecule has 1 saturated carbocycles. The van der Waals surface area contributed by atoms with Crippen LogP contribution < -0.4 is 0 Å². The summed E-state index contributed by atoms with van der Waals surface area (Å²) in [4.78, 5) is 12.0. The normalized spacial score (nSPS) is 19.1. The molecule has 0 unspecified atom stereocenters. The number of aromatic nitrogens is 3. The Labute approximate surface area is 76.5 Å². The third-order valence-corrected chi connectivity index (χ3v) is 2.33. The first-order valence-corrected chi connectivity index (χ1v) is 4.26. The van der Waals surface area contributed by atoms with Crippen LogP contribution in [0.25, 0.3) is 0 Å². The van der Waals surface area contributed by atoms with Crippen molar-refractivity contribution >= 4 is 21.9 Å². The fraction of sp³-hybridized carbons (Fsp3) is 0.500. The molecule has 0 radical (unpaired) electrons. The SMILES string of the molecule is O=C(O)C1(n2ncc(Br)n2)CC1. The van der Waals surface area contributed by atoms with Crippen LogP contribution in [0.1, 0.15) is 12.8 Å². The molecule has 0 amide bonds. The van der Waals surface area contributed by atoms with Gasteiger partial charge in [-0.3, -0.25) is 0 Å². The third kappa shape index (κ3) is 0.945. The molecule has 1 N–H and O–H groups in total. The molecule has 1 heterocycles. The van der Waals surface area contributed by atoms with Gasteiger partial charge < -0.3 is 5.11 Å². The summed E-state index contributed by atoms with van der Waals surface area (Å²) < 4.78 is 0.565. The summed E-state index contributed by atoms with van der Waals surface area (Å²) in [5.41, 5.74) is -0.855. The third-order valence-electron chi connectivity index (χ3n) is 1.97. The smallest absolute Gasteiger partial charge is 0.333 e. The lowest BCUT2D eigenvalue weighted by Crippen LogP contribution is -2.29. The van der Waals surface area contributed by atoms with E-state index in [9.17, 15) is 4.79 Å². The van der Waals surface area contributed by atoms with Gasteiger partial charge in [-0.1, -0.05) is 0 Å². The van der Waals surface area contributed by atoms with E-state index in [1.165, 1.54) is 11.0 Å². The minimum atomic E-state index is -0.856. The van der Waals surface area contributed by atoms with Crippen LogP contribution in [0.5, 0.6) is 0 Å². The van der Waals surface area contributed by atoms with E-state index in [1.807, 2.05) is 0 Å². The molecule has 1 aliphatic carbocycles. The summed E-state index contributed by atoms with van der Waals surface area (Å²) in [5.74, 6) is -0.856. The van der Waals surface area contributed by atoms with Crippen molar-refractivity contribution < 1.29 is 9.90 Å². The molecule has 1 aromatic heterocycles. The number of hydrogen-bond acceptors (Lipinski definition) is 3. The van der Waals surface area contributed by atoms with Gasteiger partial charge in [-0.15, -0.1) is 5.10 Å². The van der Waals surface area contributed by atoms with Crippen molar-refractivity contribution in [2.75, 3.05) is 0 Å². The molecule has 0 bridgehead atoms. The second kappa shape index (κ2) is 2.29. The molecule has 1 aromatic rings. The van der Waals surface area contributed by atoms with E-state index in [2.05, 4.69) is 26.1 Å². The number of hydrogen-bond donors (Lipinski definition) is 1. The largest absolute Gasteiger partial charge is 0.479 e. The Morgan fingerprint density at radius 2 is 2.42 bits per heavy atom. The molecular formula is C6H6BrN3O2. The summed E-state index contributed by atoms with van der Waals surface area (Å²) in [6.07, 6.45) is 2.72. The number of carbonyl (C=O) groups is 1. The Hall–Kier alpha value is -0.910. The molecule has 0 aromatic carbocycles. The van der Waals surface area contributed by atoms with Crippen LogP contribution in [-0.2, 0) is 10.3 Å². The zero-order valence-corrected chi connectivity index (χ0v) is 7.65. The van der Waals surface area contributed by atoms with E-state index in [1.54, 1.807) is 0 Å². The Morgan fingerprint density at radius 1 is 1.75 bits per heavy atom. The summed E-state index contributed by atoms with van der Waals surface area (Å²) in [6, 6.07) is 0. The van der Waals surface area contributed by atoms with E-state index in [-0.39, 0.29) is 0 Å². The van der Waals surface area contributed by atoms with Gasteiger partial charge in [-0.05, 0) is 28.8 Å². The Balaban J connectivity index is 2.36. The lowest BCUT2D eigenvalue weighted by Gasteiger charge is -2.06. The van der Waals surface area contributed by atoms with Gasteiger partial charge in [-0.2, -0.15) is 9.90 Å². The Morgan fingerprint density at radius 3 is 2.75 bits per heavy atom. The second-order valence-corrected chi connectivity index (χ2v) is 3.61. The highest BCUT2D eigenvalue weighted by Gasteiger charge is 2.54. The van der Waals surface area contributed by atoms with Crippen molar-refractivity contribution in [1.29, 1.82) is 0 Å². The molecule has 0 aliphatic heterocycles. The predicted octanol–water partition coefficient (Wildman–Crippen LogP) is 0.614. The van der Waals surface area contributed by atoms with Crippen molar-refractivity contribution in [3.63, 3.8) is 0 Å². The van der Waals surface area contributed by atoms with Crippen molar-refractivity contribution in [1.82, 2.24) is 15.0 Å². The van der Waals surface area contributed by atoms with Gasteiger partial charge in [0, 0.05) is 0 Å². The molecule has 0 saturated heterocycles. The average molecular weight is 232 g/mol. The van der Waals surface area contributed by atoms with Crippen LogP contribution in [0.15, 0.2) is 10.8 Å². The van der Waals surface area contributed by atoms with E-state index in [0.29, 0.717) is 17.4 Å². The number of aliphatic carboxylic acids is 1. The maximum Gasteiger partial charge on any atom is 0.333 e. The minimum absolute atomic E-state index is 0.565. The zero-order valence-electron chi connectivity index (χ0n) is 6.07. The number of carboxylic acid groups (broad SMARTS) is 1. The van der Waals surface area contributed by atoms with Gasteiger partial charge in [0.05, 0.1) is 6.20 Å². The highest BCUT2D eigenvalue weighted by atomic mass is 79.9.